The number of hydrogen-bond acceptors (Lipinski definition) is 3. The first-order valence-electron chi connectivity index (χ1n) is 7.43. The zero-order chi connectivity index (χ0) is 18.0. The van der Waals surface area contributed by atoms with Gasteiger partial charge in [0.1, 0.15) is 11.4 Å². The molecule has 0 atom stereocenters. The Morgan fingerprint density at radius 3 is 2.68 bits per heavy atom. The lowest BCUT2D eigenvalue weighted by atomic mass is 10.1. The van der Waals surface area contributed by atoms with Gasteiger partial charge in [0.2, 0.25) is 0 Å². The Kier molecular flexibility index (Phi) is 4.76. The number of benzene rings is 2. The van der Waals surface area contributed by atoms with E-state index in [9.17, 15) is 13.6 Å². The maximum absolute atomic E-state index is 12.7. The number of carbonyl (C=O) groups excluding carboxylic acids is 1. The van der Waals surface area contributed by atoms with Crippen LogP contribution in [0.5, 0.6) is 5.75 Å². The van der Waals surface area contributed by atoms with E-state index >= 15 is 0 Å². The van der Waals surface area contributed by atoms with Crippen LogP contribution in [0.4, 0.5) is 14.5 Å². The molecule has 0 bridgehead atoms. The van der Waals surface area contributed by atoms with Crippen molar-refractivity contribution in [1.29, 1.82) is 0 Å². The summed E-state index contributed by atoms with van der Waals surface area (Å²) in [5.41, 5.74) is 2.17. The molecule has 1 N–H and O–H groups in total. The summed E-state index contributed by atoms with van der Waals surface area (Å²) in [5, 5.41) is 3.06. The normalized spacial score (nSPS) is 15.8. The Bertz CT molecular complexity index is 868. The summed E-state index contributed by atoms with van der Waals surface area (Å²) in [6.45, 7) is -1.04. The standard InChI is InChI=1S/C18H14F2N2O2S/c1-11-5-4-7-13(9-11)22-16(23)14(21-18(22)25)10-12-6-2-3-8-15(12)24-17(19)20/h2-10,17H,1H3,(H,21,25)/b14-10+. The van der Waals surface area contributed by atoms with Crippen LogP contribution in [0, 0.1) is 6.92 Å². The summed E-state index contributed by atoms with van der Waals surface area (Å²) >= 11 is 5.24. The van der Waals surface area contributed by atoms with Gasteiger partial charge in [0, 0.05) is 5.56 Å². The summed E-state index contributed by atoms with van der Waals surface area (Å²) < 4.78 is 29.5. The number of rotatable bonds is 4. The van der Waals surface area contributed by atoms with Crippen molar-refractivity contribution in [3.63, 3.8) is 0 Å². The fourth-order valence-corrected chi connectivity index (χ4v) is 2.79. The van der Waals surface area contributed by atoms with E-state index in [1.165, 1.54) is 17.0 Å². The van der Waals surface area contributed by atoms with Gasteiger partial charge >= 0.3 is 6.61 Å². The molecule has 1 amide bonds. The Balaban J connectivity index is 1.94. The van der Waals surface area contributed by atoms with Gasteiger partial charge in [0.15, 0.2) is 5.11 Å². The maximum atomic E-state index is 12.7. The van der Waals surface area contributed by atoms with E-state index in [2.05, 4.69) is 10.1 Å². The van der Waals surface area contributed by atoms with E-state index in [0.29, 0.717) is 11.3 Å². The first-order valence-corrected chi connectivity index (χ1v) is 7.84. The highest BCUT2D eigenvalue weighted by atomic mass is 32.1. The molecule has 1 saturated heterocycles. The van der Waals surface area contributed by atoms with E-state index in [4.69, 9.17) is 12.2 Å². The van der Waals surface area contributed by atoms with Crippen LogP contribution in [0.2, 0.25) is 0 Å². The summed E-state index contributed by atoms with van der Waals surface area (Å²) in [6, 6.07) is 13.6. The molecule has 1 heterocycles. The summed E-state index contributed by atoms with van der Waals surface area (Å²) in [5.74, 6) is -0.373. The van der Waals surface area contributed by atoms with Crippen molar-refractivity contribution in [3.8, 4) is 5.75 Å². The molecular weight excluding hydrogens is 346 g/mol. The van der Waals surface area contributed by atoms with Crippen molar-refractivity contribution in [1.82, 2.24) is 5.32 Å². The highest BCUT2D eigenvalue weighted by molar-refractivity contribution is 7.80. The predicted molar refractivity (Wildman–Crippen MR) is 95.4 cm³/mol. The fourth-order valence-electron chi connectivity index (χ4n) is 2.50. The summed E-state index contributed by atoms with van der Waals surface area (Å²) in [4.78, 5) is 14.1. The molecular formula is C18H14F2N2O2S. The van der Waals surface area contributed by atoms with Crippen LogP contribution in [0.15, 0.2) is 54.2 Å². The zero-order valence-corrected chi connectivity index (χ0v) is 14.0. The molecule has 3 rings (SSSR count). The van der Waals surface area contributed by atoms with Crippen LogP contribution >= 0.6 is 12.2 Å². The van der Waals surface area contributed by atoms with Crippen molar-refractivity contribution < 1.29 is 18.3 Å². The minimum absolute atomic E-state index is 0.0143. The van der Waals surface area contributed by atoms with Gasteiger partial charge in [-0.1, -0.05) is 30.3 Å². The van der Waals surface area contributed by atoms with Crippen LogP contribution in [-0.4, -0.2) is 17.6 Å². The molecule has 128 valence electrons. The number of para-hydroxylation sites is 1. The van der Waals surface area contributed by atoms with Crippen molar-refractivity contribution in [2.24, 2.45) is 0 Å². The van der Waals surface area contributed by atoms with Gasteiger partial charge in [-0.15, -0.1) is 0 Å². The number of ether oxygens (including phenoxy) is 1. The highest BCUT2D eigenvalue weighted by Gasteiger charge is 2.32. The number of anilines is 1. The molecule has 0 saturated carbocycles. The molecule has 0 radical (unpaired) electrons. The van der Waals surface area contributed by atoms with Gasteiger partial charge in [-0.05, 0) is 49.0 Å². The Hall–Kier alpha value is -2.80. The smallest absolute Gasteiger partial charge is 0.387 e. The first kappa shape index (κ1) is 17.0. The number of nitrogens with zero attached hydrogens (tertiary/aromatic N) is 1. The van der Waals surface area contributed by atoms with Crippen molar-refractivity contribution in [3.05, 3.63) is 65.4 Å². The highest BCUT2D eigenvalue weighted by Crippen LogP contribution is 2.26. The number of hydrogen-bond donors (Lipinski definition) is 1. The Morgan fingerprint density at radius 2 is 1.96 bits per heavy atom. The van der Waals surface area contributed by atoms with Gasteiger partial charge in [0.05, 0.1) is 5.69 Å². The molecule has 1 aliphatic rings. The molecule has 0 spiro atoms. The minimum Gasteiger partial charge on any atom is -0.434 e. The number of halogens is 2. The second-order valence-electron chi connectivity index (χ2n) is 5.38. The van der Waals surface area contributed by atoms with Crippen LogP contribution in [-0.2, 0) is 4.79 Å². The predicted octanol–water partition coefficient (Wildman–Crippen LogP) is 3.86. The lowest BCUT2D eigenvalue weighted by Gasteiger charge is -2.14. The quantitative estimate of drug-likeness (QED) is 0.664. The van der Waals surface area contributed by atoms with E-state index in [-0.39, 0.29) is 22.5 Å². The molecule has 0 aliphatic carbocycles. The van der Waals surface area contributed by atoms with Gasteiger partial charge in [-0.2, -0.15) is 8.78 Å². The maximum Gasteiger partial charge on any atom is 0.387 e. The van der Waals surface area contributed by atoms with Gasteiger partial charge in [-0.3, -0.25) is 9.69 Å². The van der Waals surface area contributed by atoms with Crippen LogP contribution in [0.1, 0.15) is 11.1 Å². The van der Waals surface area contributed by atoms with E-state index < -0.39 is 6.61 Å². The van der Waals surface area contributed by atoms with Crippen molar-refractivity contribution in [2.45, 2.75) is 13.5 Å². The number of carbonyl (C=O) groups is 1. The van der Waals surface area contributed by atoms with Crippen molar-refractivity contribution in [2.75, 3.05) is 4.90 Å². The number of aryl methyl sites for hydroxylation is 1. The van der Waals surface area contributed by atoms with Gasteiger partial charge in [-0.25, -0.2) is 0 Å². The fraction of sp³-hybridized carbons (Fsp3) is 0.111. The molecule has 0 unspecified atom stereocenters. The molecule has 7 heteroatoms. The third-order valence-electron chi connectivity index (χ3n) is 3.57. The molecule has 4 nitrogen and oxygen atoms in total. The largest absolute Gasteiger partial charge is 0.434 e. The average molecular weight is 360 g/mol. The SMILES string of the molecule is Cc1cccc(N2C(=O)/C(=C\c3ccccc3OC(F)F)NC2=S)c1. The summed E-state index contributed by atoms with van der Waals surface area (Å²) in [7, 11) is 0. The lowest BCUT2D eigenvalue weighted by molar-refractivity contribution is -0.113. The monoisotopic (exact) mass is 360 g/mol. The topological polar surface area (TPSA) is 41.6 Å². The molecule has 0 aromatic heterocycles. The molecule has 1 aliphatic heterocycles. The average Bonchev–Trinajstić information content (AvgIpc) is 2.83. The second-order valence-corrected chi connectivity index (χ2v) is 5.77. The molecule has 25 heavy (non-hydrogen) atoms. The molecule has 1 fully saturated rings. The zero-order valence-electron chi connectivity index (χ0n) is 13.2. The molecule has 2 aromatic carbocycles. The van der Waals surface area contributed by atoms with Crippen LogP contribution in [0.25, 0.3) is 6.08 Å². The van der Waals surface area contributed by atoms with E-state index in [1.807, 2.05) is 25.1 Å². The third-order valence-corrected chi connectivity index (χ3v) is 3.86. The van der Waals surface area contributed by atoms with Crippen LogP contribution in [0.3, 0.4) is 0 Å². The van der Waals surface area contributed by atoms with Gasteiger partial charge in [0.25, 0.3) is 5.91 Å². The third kappa shape index (κ3) is 3.66. The number of alkyl halides is 2. The van der Waals surface area contributed by atoms with Crippen molar-refractivity contribution >= 4 is 35.0 Å². The van der Waals surface area contributed by atoms with E-state index in [1.54, 1.807) is 24.3 Å². The second kappa shape index (κ2) is 6.98. The molecule has 2 aromatic rings. The first-order chi connectivity index (χ1) is 12.0. The summed E-state index contributed by atoms with van der Waals surface area (Å²) in [6.07, 6.45) is 1.45. The van der Waals surface area contributed by atoms with Crippen LogP contribution < -0.4 is 15.0 Å². The Labute approximate surface area is 148 Å². The van der Waals surface area contributed by atoms with Gasteiger partial charge < -0.3 is 10.1 Å². The number of amides is 1. The minimum atomic E-state index is -2.95. The lowest BCUT2D eigenvalue weighted by Crippen LogP contribution is -2.30. The number of nitrogens with one attached hydrogen (secondary N) is 1. The van der Waals surface area contributed by atoms with E-state index in [0.717, 1.165) is 5.56 Å². The Morgan fingerprint density at radius 1 is 1.20 bits per heavy atom. The number of thiocarbonyl (C=S) groups is 1.